The van der Waals surface area contributed by atoms with Crippen LogP contribution in [-0.2, 0) is 6.18 Å². The molecule has 0 atom stereocenters. The number of hydrogen-bond acceptors (Lipinski definition) is 3. The maximum Gasteiger partial charge on any atom is 0.416 e. The molecular weight excluding hydrogens is 347 g/mol. The van der Waals surface area contributed by atoms with Crippen LogP contribution in [0, 0.1) is 0 Å². The molecule has 0 amide bonds. The lowest BCUT2D eigenvalue weighted by Crippen LogP contribution is -2.03. The Morgan fingerprint density at radius 1 is 0.880 bits per heavy atom. The van der Waals surface area contributed by atoms with Gasteiger partial charge in [-0.05, 0) is 42.5 Å². The molecule has 0 unspecified atom stereocenters. The fourth-order valence-corrected chi connectivity index (χ4v) is 3.26. The number of pyridine rings is 1. The van der Waals surface area contributed by atoms with Gasteiger partial charge in [0.1, 0.15) is 10.8 Å². The SMILES string of the molecule is COc1ccccc1-c1cccnc1Sc1ccc(C(F)(F)F)cc1. The van der Waals surface area contributed by atoms with E-state index >= 15 is 0 Å². The minimum atomic E-state index is -4.34. The Kier molecular flexibility index (Phi) is 4.99. The van der Waals surface area contributed by atoms with Gasteiger partial charge in [-0.2, -0.15) is 13.2 Å². The summed E-state index contributed by atoms with van der Waals surface area (Å²) >= 11 is 1.31. The van der Waals surface area contributed by atoms with Gasteiger partial charge in [0.15, 0.2) is 0 Å². The maximum atomic E-state index is 12.7. The van der Waals surface area contributed by atoms with Gasteiger partial charge in [0, 0.05) is 22.2 Å². The van der Waals surface area contributed by atoms with E-state index in [1.54, 1.807) is 13.3 Å². The van der Waals surface area contributed by atoms with Crippen molar-refractivity contribution in [2.24, 2.45) is 0 Å². The molecule has 0 aliphatic rings. The lowest BCUT2D eigenvalue weighted by molar-refractivity contribution is -0.137. The van der Waals surface area contributed by atoms with Gasteiger partial charge in [0.2, 0.25) is 0 Å². The van der Waals surface area contributed by atoms with E-state index in [0.29, 0.717) is 15.7 Å². The van der Waals surface area contributed by atoms with Gasteiger partial charge in [-0.3, -0.25) is 0 Å². The molecule has 25 heavy (non-hydrogen) atoms. The summed E-state index contributed by atoms with van der Waals surface area (Å²) in [7, 11) is 1.60. The molecule has 6 heteroatoms. The fourth-order valence-electron chi connectivity index (χ4n) is 2.37. The summed E-state index contributed by atoms with van der Waals surface area (Å²) in [4.78, 5) is 5.07. The lowest BCUT2D eigenvalue weighted by atomic mass is 10.1. The van der Waals surface area contributed by atoms with Crippen molar-refractivity contribution in [3.05, 3.63) is 72.4 Å². The van der Waals surface area contributed by atoms with Crippen molar-refractivity contribution < 1.29 is 17.9 Å². The maximum absolute atomic E-state index is 12.7. The monoisotopic (exact) mass is 361 g/mol. The summed E-state index contributed by atoms with van der Waals surface area (Å²) in [6.45, 7) is 0. The third kappa shape index (κ3) is 3.96. The molecule has 0 bridgehead atoms. The number of methoxy groups -OCH3 is 1. The minimum absolute atomic E-state index is 0.664. The Balaban J connectivity index is 1.94. The molecule has 2 aromatic carbocycles. The molecule has 2 nitrogen and oxygen atoms in total. The summed E-state index contributed by atoms with van der Waals surface area (Å²) in [5.41, 5.74) is 1.08. The molecule has 0 N–H and O–H groups in total. The van der Waals surface area contributed by atoms with Crippen LogP contribution in [0.25, 0.3) is 11.1 Å². The number of alkyl halides is 3. The molecule has 3 rings (SSSR count). The summed E-state index contributed by atoms with van der Waals surface area (Å²) in [6.07, 6.45) is -2.68. The van der Waals surface area contributed by atoms with Crippen molar-refractivity contribution in [3.63, 3.8) is 0 Å². The zero-order valence-corrected chi connectivity index (χ0v) is 14.1. The van der Waals surface area contributed by atoms with Gasteiger partial charge in [-0.1, -0.05) is 30.0 Å². The number of aromatic nitrogens is 1. The van der Waals surface area contributed by atoms with Crippen LogP contribution in [0.2, 0.25) is 0 Å². The highest BCUT2D eigenvalue weighted by atomic mass is 32.2. The van der Waals surface area contributed by atoms with E-state index in [1.807, 2.05) is 36.4 Å². The van der Waals surface area contributed by atoms with Gasteiger partial charge in [0.25, 0.3) is 0 Å². The quantitative estimate of drug-likeness (QED) is 0.575. The first-order valence-corrected chi connectivity index (χ1v) is 8.24. The van der Waals surface area contributed by atoms with Crippen molar-refractivity contribution >= 4 is 11.8 Å². The van der Waals surface area contributed by atoms with Crippen LogP contribution in [0.3, 0.4) is 0 Å². The highest BCUT2D eigenvalue weighted by Crippen LogP contribution is 2.39. The summed E-state index contributed by atoms with van der Waals surface area (Å²) in [6, 6.07) is 16.3. The molecule has 128 valence electrons. The van der Waals surface area contributed by atoms with E-state index in [-0.39, 0.29) is 0 Å². The molecule has 0 fully saturated rings. The standard InChI is InChI=1S/C19H14F3NOS/c1-24-17-7-3-2-5-15(17)16-6-4-12-23-18(16)25-14-10-8-13(9-11-14)19(20,21)22/h2-12H,1H3. The molecular formula is C19H14F3NOS. The van der Waals surface area contributed by atoms with Crippen LogP contribution in [0.1, 0.15) is 5.56 Å². The van der Waals surface area contributed by atoms with Gasteiger partial charge < -0.3 is 4.74 Å². The van der Waals surface area contributed by atoms with Crippen LogP contribution < -0.4 is 4.74 Å². The van der Waals surface area contributed by atoms with E-state index in [1.165, 1.54) is 23.9 Å². The van der Waals surface area contributed by atoms with Gasteiger partial charge in [-0.25, -0.2) is 4.98 Å². The Morgan fingerprint density at radius 2 is 1.56 bits per heavy atom. The zero-order valence-electron chi connectivity index (χ0n) is 13.2. The van der Waals surface area contributed by atoms with Crippen molar-refractivity contribution in [2.45, 2.75) is 16.1 Å². The van der Waals surface area contributed by atoms with Crippen LogP contribution in [0.5, 0.6) is 5.75 Å². The second-order valence-corrected chi connectivity index (χ2v) is 6.24. The van der Waals surface area contributed by atoms with Crippen LogP contribution in [-0.4, -0.2) is 12.1 Å². The summed E-state index contributed by atoms with van der Waals surface area (Å²) < 4.78 is 43.4. The number of nitrogens with zero attached hydrogens (tertiary/aromatic N) is 1. The predicted molar refractivity (Wildman–Crippen MR) is 91.8 cm³/mol. The van der Waals surface area contributed by atoms with Crippen molar-refractivity contribution in [2.75, 3.05) is 7.11 Å². The molecule has 0 spiro atoms. The average Bonchev–Trinajstić information content (AvgIpc) is 2.62. The van der Waals surface area contributed by atoms with E-state index < -0.39 is 11.7 Å². The number of hydrogen-bond donors (Lipinski definition) is 0. The van der Waals surface area contributed by atoms with E-state index in [2.05, 4.69) is 4.98 Å². The van der Waals surface area contributed by atoms with Gasteiger partial charge in [0.05, 0.1) is 12.7 Å². The molecule has 1 aromatic heterocycles. The molecule has 0 radical (unpaired) electrons. The average molecular weight is 361 g/mol. The Labute approximate surface area is 147 Å². The molecule has 0 saturated heterocycles. The number of ether oxygens (including phenoxy) is 1. The summed E-state index contributed by atoms with van der Waals surface area (Å²) in [5.74, 6) is 0.713. The highest BCUT2D eigenvalue weighted by Gasteiger charge is 2.30. The number of benzene rings is 2. The second kappa shape index (κ2) is 7.19. The predicted octanol–water partition coefficient (Wildman–Crippen LogP) is 5.93. The zero-order chi connectivity index (χ0) is 17.9. The Hall–Kier alpha value is -2.47. The van der Waals surface area contributed by atoms with Gasteiger partial charge >= 0.3 is 6.18 Å². The van der Waals surface area contributed by atoms with E-state index in [0.717, 1.165) is 23.3 Å². The minimum Gasteiger partial charge on any atom is -0.496 e. The lowest BCUT2D eigenvalue weighted by Gasteiger charge is -2.12. The van der Waals surface area contributed by atoms with Crippen LogP contribution >= 0.6 is 11.8 Å². The van der Waals surface area contributed by atoms with Crippen molar-refractivity contribution in [3.8, 4) is 16.9 Å². The fraction of sp³-hybridized carbons (Fsp3) is 0.105. The smallest absolute Gasteiger partial charge is 0.416 e. The number of halogens is 3. The van der Waals surface area contributed by atoms with Crippen LogP contribution in [0.4, 0.5) is 13.2 Å². The van der Waals surface area contributed by atoms with Crippen LogP contribution in [0.15, 0.2) is 76.8 Å². The molecule has 1 heterocycles. The topological polar surface area (TPSA) is 22.1 Å². The number of para-hydroxylation sites is 1. The van der Waals surface area contributed by atoms with Crippen molar-refractivity contribution in [1.82, 2.24) is 4.98 Å². The Morgan fingerprint density at radius 3 is 2.24 bits per heavy atom. The third-order valence-electron chi connectivity index (χ3n) is 3.56. The summed E-state index contributed by atoms with van der Waals surface area (Å²) in [5, 5.41) is 0.701. The molecule has 0 aliphatic heterocycles. The number of rotatable bonds is 4. The van der Waals surface area contributed by atoms with E-state index in [4.69, 9.17) is 4.74 Å². The molecule has 0 saturated carbocycles. The Bertz CT molecular complexity index is 863. The normalized spacial score (nSPS) is 11.4. The second-order valence-electron chi connectivity index (χ2n) is 5.18. The largest absolute Gasteiger partial charge is 0.496 e. The first-order valence-electron chi connectivity index (χ1n) is 7.42. The third-order valence-corrected chi connectivity index (χ3v) is 4.59. The van der Waals surface area contributed by atoms with E-state index in [9.17, 15) is 13.2 Å². The highest BCUT2D eigenvalue weighted by molar-refractivity contribution is 7.99. The molecule has 3 aromatic rings. The first-order chi connectivity index (χ1) is 12.0. The first kappa shape index (κ1) is 17.4. The van der Waals surface area contributed by atoms with Gasteiger partial charge in [-0.15, -0.1) is 0 Å². The molecule has 0 aliphatic carbocycles. The van der Waals surface area contributed by atoms with Crippen molar-refractivity contribution in [1.29, 1.82) is 0 Å².